The van der Waals surface area contributed by atoms with Crippen molar-refractivity contribution in [3.8, 4) is 0 Å². The van der Waals surface area contributed by atoms with Gasteiger partial charge in [-0.2, -0.15) is 0 Å². The molecule has 0 aliphatic heterocycles. The van der Waals surface area contributed by atoms with Crippen LogP contribution in [-0.2, 0) is 15.1 Å². The summed E-state index contributed by atoms with van der Waals surface area (Å²) >= 11 is 0. The average Bonchev–Trinajstić information content (AvgIpc) is 2.38. The quantitative estimate of drug-likeness (QED) is 0.907. The maximum absolute atomic E-state index is 14.0. The van der Waals surface area contributed by atoms with Gasteiger partial charge >= 0.3 is 6.09 Å². The Balaban J connectivity index is 2.60. The molecule has 0 bridgehead atoms. The first kappa shape index (κ1) is 14.4. The van der Waals surface area contributed by atoms with E-state index >= 15 is 0 Å². The molecule has 1 fully saturated rings. The molecule has 0 radical (unpaired) electrons. The number of nitrogens with two attached hydrogens (primary N) is 1. The highest BCUT2D eigenvalue weighted by Crippen LogP contribution is 2.41. The Labute approximate surface area is 114 Å². The number of hydrogen-bond acceptors (Lipinski definition) is 3. The summed E-state index contributed by atoms with van der Waals surface area (Å²) < 4.78 is 32.4. The topological polar surface area (TPSA) is 69.4 Å². The lowest BCUT2D eigenvalue weighted by Gasteiger charge is -2.37. The summed E-state index contributed by atoms with van der Waals surface area (Å²) in [7, 11) is 0. The minimum absolute atomic E-state index is 0.0967. The fourth-order valence-electron chi connectivity index (χ4n) is 2.72. The van der Waals surface area contributed by atoms with Crippen LogP contribution in [-0.4, -0.2) is 11.9 Å². The second-order valence-corrected chi connectivity index (χ2v) is 5.01. The molecule has 1 saturated carbocycles. The van der Waals surface area contributed by atoms with Gasteiger partial charge < -0.3 is 10.5 Å². The van der Waals surface area contributed by atoms with Crippen LogP contribution in [0.5, 0.6) is 0 Å². The lowest BCUT2D eigenvalue weighted by atomic mass is 9.73. The number of hydrogen-bond donors (Lipinski definition) is 1. The van der Waals surface area contributed by atoms with Crippen LogP contribution in [0.4, 0.5) is 13.6 Å². The Morgan fingerprint density at radius 2 is 2.15 bits per heavy atom. The predicted octanol–water partition coefficient (Wildman–Crippen LogP) is 2.64. The van der Waals surface area contributed by atoms with Crippen LogP contribution in [0, 0.1) is 17.6 Å². The van der Waals surface area contributed by atoms with Gasteiger partial charge in [-0.25, -0.2) is 13.6 Å². The van der Waals surface area contributed by atoms with E-state index in [4.69, 9.17) is 10.5 Å². The van der Waals surface area contributed by atoms with Gasteiger partial charge in [0.05, 0.1) is 0 Å². The molecule has 1 aliphatic rings. The highest BCUT2D eigenvalue weighted by molar-refractivity contribution is 5.92. The van der Waals surface area contributed by atoms with E-state index < -0.39 is 35.0 Å². The normalized spacial score (nSPS) is 26.4. The Morgan fingerprint density at radius 1 is 1.45 bits per heavy atom. The molecular weight excluding hydrogens is 268 g/mol. The molecule has 1 aromatic carbocycles. The number of amides is 1. The van der Waals surface area contributed by atoms with Crippen LogP contribution < -0.4 is 5.73 Å². The van der Waals surface area contributed by atoms with E-state index in [9.17, 15) is 18.4 Å². The fraction of sp³-hybridized carbons (Fsp3) is 0.429. The van der Waals surface area contributed by atoms with Crippen molar-refractivity contribution in [2.45, 2.75) is 31.8 Å². The summed E-state index contributed by atoms with van der Waals surface area (Å²) in [6.07, 6.45) is 0.0750. The third kappa shape index (κ3) is 2.26. The minimum atomic E-state index is -1.82. The first-order valence-corrected chi connectivity index (χ1v) is 6.35. The minimum Gasteiger partial charge on any atom is -0.430 e. The predicted molar refractivity (Wildman–Crippen MR) is 66.7 cm³/mol. The average molecular weight is 283 g/mol. The Morgan fingerprint density at radius 3 is 2.80 bits per heavy atom. The Kier molecular flexibility index (Phi) is 3.74. The molecule has 4 nitrogen and oxygen atoms in total. The third-order valence-corrected chi connectivity index (χ3v) is 3.67. The van der Waals surface area contributed by atoms with Crippen LogP contribution in [0.3, 0.4) is 0 Å². The van der Waals surface area contributed by atoms with Crippen molar-refractivity contribution in [2.75, 3.05) is 0 Å². The molecule has 2 atom stereocenters. The SMILES string of the molecule is CC1CCC[C@@](OC(N)=O)(c2cccc(F)c2F)C1=O. The zero-order valence-electron chi connectivity index (χ0n) is 11.0. The number of rotatable bonds is 2. The second kappa shape index (κ2) is 5.19. The first-order valence-electron chi connectivity index (χ1n) is 6.35. The number of halogens is 2. The zero-order chi connectivity index (χ0) is 14.9. The van der Waals surface area contributed by atoms with Gasteiger partial charge in [0.2, 0.25) is 0 Å². The summed E-state index contributed by atoms with van der Waals surface area (Å²) in [5.74, 6) is -3.14. The van der Waals surface area contributed by atoms with Crippen LogP contribution in [0.2, 0.25) is 0 Å². The van der Waals surface area contributed by atoms with Gasteiger partial charge in [0, 0.05) is 11.5 Å². The number of primary amides is 1. The molecule has 20 heavy (non-hydrogen) atoms. The molecule has 0 heterocycles. The van der Waals surface area contributed by atoms with E-state index in [2.05, 4.69) is 0 Å². The van der Waals surface area contributed by atoms with Crippen molar-refractivity contribution < 1.29 is 23.1 Å². The fourth-order valence-corrected chi connectivity index (χ4v) is 2.72. The first-order chi connectivity index (χ1) is 9.38. The Bertz CT molecular complexity index is 561. The molecule has 1 aromatic rings. The van der Waals surface area contributed by atoms with Gasteiger partial charge in [-0.1, -0.05) is 19.1 Å². The van der Waals surface area contributed by atoms with E-state index in [-0.39, 0.29) is 12.0 Å². The molecule has 2 N–H and O–H groups in total. The molecule has 2 rings (SSSR count). The van der Waals surface area contributed by atoms with Crippen molar-refractivity contribution in [2.24, 2.45) is 11.7 Å². The lowest BCUT2D eigenvalue weighted by molar-refractivity contribution is -0.147. The van der Waals surface area contributed by atoms with Crippen molar-refractivity contribution in [3.05, 3.63) is 35.4 Å². The van der Waals surface area contributed by atoms with E-state index in [0.29, 0.717) is 12.8 Å². The number of ether oxygens (including phenoxy) is 1. The molecule has 0 spiro atoms. The maximum Gasteiger partial charge on any atom is 0.405 e. The monoisotopic (exact) mass is 283 g/mol. The van der Waals surface area contributed by atoms with Crippen molar-refractivity contribution in [1.29, 1.82) is 0 Å². The summed E-state index contributed by atoms with van der Waals surface area (Å²) in [6, 6.07) is 3.46. The summed E-state index contributed by atoms with van der Waals surface area (Å²) in [4.78, 5) is 23.6. The van der Waals surface area contributed by atoms with E-state index in [1.54, 1.807) is 6.92 Å². The van der Waals surface area contributed by atoms with Gasteiger partial charge in [0.25, 0.3) is 0 Å². The van der Waals surface area contributed by atoms with Crippen molar-refractivity contribution in [3.63, 3.8) is 0 Å². The van der Waals surface area contributed by atoms with Crippen LogP contribution in [0.25, 0.3) is 0 Å². The number of carbonyl (C=O) groups excluding carboxylic acids is 2. The van der Waals surface area contributed by atoms with Gasteiger partial charge in [0.15, 0.2) is 23.0 Å². The van der Waals surface area contributed by atoms with Gasteiger partial charge in [0.1, 0.15) is 0 Å². The van der Waals surface area contributed by atoms with Crippen LogP contribution >= 0.6 is 0 Å². The number of ketones is 1. The smallest absolute Gasteiger partial charge is 0.405 e. The number of carbonyl (C=O) groups is 2. The molecule has 108 valence electrons. The molecule has 0 saturated heterocycles. The summed E-state index contributed by atoms with van der Waals surface area (Å²) in [5, 5.41) is 0. The Hall–Kier alpha value is -1.98. The highest BCUT2D eigenvalue weighted by Gasteiger charge is 2.49. The summed E-state index contributed by atoms with van der Waals surface area (Å²) in [5.41, 5.74) is 2.92. The van der Waals surface area contributed by atoms with Crippen molar-refractivity contribution >= 4 is 11.9 Å². The molecule has 6 heteroatoms. The van der Waals surface area contributed by atoms with Gasteiger partial charge in [-0.05, 0) is 25.3 Å². The van der Waals surface area contributed by atoms with E-state index in [1.807, 2.05) is 0 Å². The highest BCUT2D eigenvalue weighted by atomic mass is 19.2. The zero-order valence-corrected chi connectivity index (χ0v) is 11.0. The molecule has 1 amide bonds. The molecule has 0 aromatic heterocycles. The van der Waals surface area contributed by atoms with Gasteiger partial charge in [-0.3, -0.25) is 4.79 Å². The molecule has 1 aliphatic carbocycles. The van der Waals surface area contributed by atoms with E-state index in [0.717, 1.165) is 6.07 Å². The second-order valence-electron chi connectivity index (χ2n) is 5.01. The number of benzene rings is 1. The van der Waals surface area contributed by atoms with Crippen LogP contribution in [0.15, 0.2) is 18.2 Å². The third-order valence-electron chi connectivity index (χ3n) is 3.67. The standard InChI is InChI=1S/C14H15F2NO3/c1-8-4-3-7-14(12(8)18,20-13(17)19)9-5-2-6-10(15)11(9)16/h2,5-6,8H,3-4,7H2,1H3,(H2,17,19)/t8?,14-/m1/s1. The van der Waals surface area contributed by atoms with Gasteiger partial charge in [-0.15, -0.1) is 0 Å². The maximum atomic E-state index is 14.0. The number of Topliss-reactive ketones (excluding diaryl/α,β-unsaturated/α-hetero) is 1. The van der Waals surface area contributed by atoms with Crippen LogP contribution in [0.1, 0.15) is 31.7 Å². The van der Waals surface area contributed by atoms with E-state index in [1.165, 1.54) is 12.1 Å². The molecule has 1 unspecified atom stereocenters. The largest absolute Gasteiger partial charge is 0.430 e. The van der Waals surface area contributed by atoms with Crippen molar-refractivity contribution in [1.82, 2.24) is 0 Å². The molecular formula is C14H15F2NO3. The lowest BCUT2D eigenvalue weighted by Crippen LogP contribution is -2.48. The summed E-state index contributed by atoms with van der Waals surface area (Å²) in [6.45, 7) is 1.66.